The molecule has 0 spiro atoms. The van der Waals surface area contributed by atoms with E-state index in [0.29, 0.717) is 18.3 Å². The Labute approximate surface area is 200 Å². The van der Waals surface area contributed by atoms with Gasteiger partial charge in [-0.2, -0.15) is 0 Å². The Morgan fingerprint density at radius 1 is 1.09 bits per heavy atom. The minimum absolute atomic E-state index is 0.00546. The number of hydrogen-bond acceptors (Lipinski definition) is 4. The summed E-state index contributed by atoms with van der Waals surface area (Å²) < 4.78 is 5.58. The molecule has 1 N–H and O–H groups in total. The number of aliphatic hydroxyl groups excluding tert-OH is 1. The van der Waals surface area contributed by atoms with Crippen molar-refractivity contribution in [3.05, 3.63) is 11.6 Å². The first kappa shape index (κ1) is 24.9. The number of aliphatic hydroxyl groups is 1. The molecule has 3 fully saturated rings. The largest absolute Gasteiger partial charge is 0.462 e. The van der Waals surface area contributed by atoms with E-state index < -0.39 is 6.10 Å². The van der Waals surface area contributed by atoms with Gasteiger partial charge in [-0.05, 0) is 85.4 Å². The maximum atomic E-state index is 12.3. The van der Waals surface area contributed by atoms with Gasteiger partial charge < -0.3 is 9.84 Å². The summed E-state index contributed by atoms with van der Waals surface area (Å²) >= 11 is 0. The molecule has 0 aliphatic heterocycles. The van der Waals surface area contributed by atoms with Gasteiger partial charge in [0.05, 0.1) is 6.10 Å². The lowest BCUT2D eigenvalue weighted by Gasteiger charge is -2.58. The number of allylic oxidation sites excluding steroid dienone is 1. The van der Waals surface area contributed by atoms with Gasteiger partial charge in [0, 0.05) is 25.7 Å². The topological polar surface area (TPSA) is 63.6 Å². The number of ether oxygens (including phenoxy) is 1. The van der Waals surface area contributed by atoms with Crippen molar-refractivity contribution in [3.8, 4) is 0 Å². The Bertz CT molecular complexity index is 799. The first-order chi connectivity index (χ1) is 15.5. The van der Waals surface area contributed by atoms with E-state index in [4.69, 9.17) is 4.74 Å². The molecule has 0 aromatic heterocycles. The van der Waals surface area contributed by atoms with Gasteiger partial charge >= 0.3 is 5.97 Å². The monoisotopic (exact) mass is 458 g/mol. The minimum atomic E-state index is -0.523. The summed E-state index contributed by atoms with van der Waals surface area (Å²) in [5, 5.41) is 11.0. The molecule has 4 heteroatoms. The van der Waals surface area contributed by atoms with E-state index in [1.807, 2.05) is 13.8 Å². The summed E-state index contributed by atoms with van der Waals surface area (Å²) in [7, 11) is 0. The number of carbonyl (C=O) groups excluding carboxylic acids is 2. The van der Waals surface area contributed by atoms with Crippen molar-refractivity contribution < 1.29 is 19.4 Å². The third kappa shape index (κ3) is 4.34. The molecular formula is C29H46O4. The summed E-state index contributed by atoms with van der Waals surface area (Å²) in [5.74, 6) is 2.83. The number of Topliss-reactive ketones (excluding diaryl/α,β-unsaturated/α-hetero) is 1. The summed E-state index contributed by atoms with van der Waals surface area (Å²) in [6.07, 6.45) is 11.4. The Kier molecular flexibility index (Phi) is 6.90. The molecule has 3 saturated carbocycles. The van der Waals surface area contributed by atoms with E-state index in [1.165, 1.54) is 38.2 Å². The summed E-state index contributed by atoms with van der Waals surface area (Å²) in [6, 6.07) is 0. The lowest BCUT2D eigenvalue weighted by atomic mass is 9.47. The van der Waals surface area contributed by atoms with Crippen LogP contribution >= 0.6 is 0 Å². The molecule has 4 rings (SSSR count). The first-order valence-corrected chi connectivity index (χ1v) is 13.5. The van der Waals surface area contributed by atoms with Crippen molar-refractivity contribution in [2.45, 2.75) is 112 Å². The molecule has 0 radical (unpaired) electrons. The van der Waals surface area contributed by atoms with Gasteiger partial charge in [0.2, 0.25) is 0 Å². The van der Waals surface area contributed by atoms with Crippen molar-refractivity contribution in [1.29, 1.82) is 0 Å². The van der Waals surface area contributed by atoms with Crippen LogP contribution < -0.4 is 0 Å². The highest BCUT2D eigenvalue weighted by Crippen LogP contribution is 2.67. The molecule has 0 saturated heterocycles. The van der Waals surface area contributed by atoms with Crippen LogP contribution in [0.4, 0.5) is 0 Å². The van der Waals surface area contributed by atoms with Crippen LogP contribution in [-0.4, -0.2) is 29.1 Å². The standard InChI is InChI=1S/C29H46O4/c1-17(2)26(31)16-27(32)18(3)23-9-10-24-22-8-7-20-15-21(33-19(4)30)11-13-28(20,5)25(22)12-14-29(23,24)6/h7,17-18,21-25,27,32H,8-16H2,1-6H3/t18-,21-,22-,23+,24-,25-,27+,28-,29+/m0/s1. The van der Waals surface area contributed by atoms with Crippen molar-refractivity contribution in [2.75, 3.05) is 0 Å². The molecule has 9 atom stereocenters. The maximum absolute atomic E-state index is 12.3. The SMILES string of the molecule is CC(=O)O[C@H]1CC[C@@]2(C)C(=CC[C@H]3[C@@H]4CC[C@H]([C@H](C)[C@H](O)CC(=O)C(C)C)[C@@]4(C)CC[C@@H]32)C1. The number of rotatable bonds is 6. The van der Waals surface area contributed by atoms with Crippen molar-refractivity contribution in [1.82, 2.24) is 0 Å². The van der Waals surface area contributed by atoms with Gasteiger partial charge in [0.15, 0.2) is 0 Å². The van der Waals surface area contributed by atoms with Crippen LogP contribution in [0.1, 0.15) is 99.3 Å². The predicted molar refractivity (Wildman–Crippen MR) is 130 cm³/mol. The Morgan fingerprint density at radius 3 is 2.48 bits per heavy atom. The number of fused-ring (bicyclic) bond motifs is 5. The zero-order valence-corrected chi connectivity index (χ0v) is 21.7. The number of hydrogen-bond donors (Lipinski definition) is 1. The molecular weight excluding hydrogens is 412 g/mol. The third-order valence-electron chi connectivity index (χ3n) is 10.8. The Hall–Kier alpha value is -1.16. The molecule has 0 bridgehead atoms. The Morgan fingerprint density at radius 2 is 1.82 bits per heavy atom. The molecule has 4 aliphatic carbocycles. The quantitative estimate of drug-likeness (QED) is 0.385. The van der Waals surface area contributed by atoms with Gasteiger partial charge in [0.1, 0.15) is 11.9 Å². The molecule has 0 amide bonds. The van der Waals surface area contributed by atoms with E-state index in [1.54, 1.807) is 0 Å². The second-order valence-corrected chi connectivity index (χ2v) is 12.7. The minimum Gasteiger partial charge on any atom is -0.462 e. The van der Waals surface area contributed by atoms with Crippen molar-refractivity contribution in [2.24, 2.45) is 46.3 Å². The maximum Gasteiger partial charge on any atom is 0.302 e. The summed E-state index contributed by atoms with van der Waals surface area (Å²) in [4.78, 5) is 23.8. The molecule has 0 aromatic rings. The zero-order valence-electron chi connectivity index (χ0n) is 21.7. The second kappa shape index (κ2) is 9.13. The second-order valence-electron chi connectivity index (χ2n) is 12.7. The van der Waals surface area contributed by atoms with Crippen LogP contribution in [0.3, 0.4) is 0 Å². The number of esters is 1. The van der Waals surface area contributed by atoms with E-state index in [0.717, 1.165) is 37.5 Å². The average molecular weight is 459 g/mol. The fraction of sp³-hybridized carbons (Fsp3) is 0.862. The summed E-state index contributed by atoms with van der Waals surface area (Å²) in [6.45, 7) is 12.6. The Balaban J connectivity index is 1.49. The molecule has 0 unspecified atom stereocenters. The predicted octanol–water partition coefficient (Wildman–Crippen LogP) is 6.11. The van der Waals surface area contributed by atoms with Crippen LogP contribution in [-0.2, 0) is 14.3 Å². The van der Waals surface area contributed by atoms with Crippen molar-refractivity contribution in [3.63, 3.8) is 0 Å². The molecule has 186 valence electrons. The average Bonchev–Trinajstić information content (AvgIpc) is 3.10. The molecule has 0 heterocycles. The van der Waals surface area contributed by atoms with Crippen LogP contribution in [0.2, 0.25) is 0 Å². The van der Waals surface area contributed by atoms with E-state index in [2.05, 4.69) is 26.8 Å². The van der Waals surface area contributed by atoms with Crippen LogP contribution in [0.15, 0.2) is 11.6 Å². The highest BCUT2D eigenvalue weighted by Gasteiger charge is 2.59. The lowest BCUT2D eigenvalue weighted by Crippen LogP contribution is -2.51. The molecule has 33 heavy (non-hydrogen) atoms. The van der Waals surface area contributed by atoms with Gasteiger partial charge in [-0.25, -0.2) is 0 Å². The fourth-order valence-electron chi connectivity index (χ4n) is 8.76. The number of ketones is 1. The molecule has 4 aliphatic rings. The third-order valence-corrected chi connectivity index (χ3v) is 10.8. The van der Waals surface area contributed by atoms with E-state index in [9.17, 15) is 14.7 Å². The van der Waals surface area contributed by atoms with Gasteiger partial charge in [-0.15, -0.1) is 0 Å². The lowest BCUT2D eigenvalue weighted by molar-refractivity contribution is -0.148. The molecule has 4 nitrogen and oxygen atoms in total. The van der Waals surface area contributed by atoms with Crippen LogP contribution in [0.5, 0.6) is 0 Å². The first-order valence-electron chi connectivity index (χ1n) is 13.5. The summed E-state index contributed by atoms with van der Waals surface area (Å²) in [5.41, 5.74) is 2.04. The highest BCUT2D eigenvalue weighted by molar-refractivity contribution is 5.80. The van der Waals surface area contributed by atoms with Gasteiger partial charge in [-0.3, -0.25) is 9.59 Å². The normalized spacial score (nSPS) is 41.9. The van der Waals surface area contributed by atoms with Crippen LogP contribution in [0, 0.1) is 46.3 Å². The fourth-order valence-corrected chi connectivity index (χ4v) is 8.76. The van der Waals surface area contributed by atoms with Gasteiger partial charge in [-0.1, -0.05) is 46.3 Å². The van der Waals surface area contributed by atoms with E-state index >= 15 is 0 Å². The molecule has 0 aromatic carbocycles. The smallest absolute Gasteiger partial charge is 0.302 e. The highest BCUT2D eigenvalue weighted by atomic mass is 16.5. The van der Waals surface area contributed by atoms with Gasteiger partial charge in [0.25, 0.3) is 0 Å². The van der Waals surface area contributed by atoms with E-state index in [-0.39, 0.29) is 40.5 Å². The van der Waals surface area contributed by atoms with Crippen molar-refractivity contribution >= 4 is 11.8 Å². The van der Waals surface area contributed by atoms with Crippen LogP contribution in [0.25, 0.3) is 0 Å². The zero-order chi connectivity index (χ0) is 24.1. The number of carbonyl (C=O) groups is 2.